The standard InChI is InChI=1S/C11H8FN3O3S/c1-6-3-2-4-7(9(6)12)10(16)14-11-13-5-8(19-11)15(17)18/h2-5H,1H3,(H,13,14,16). The van der Waals surface area contributed by atoms with Gasteiger partial charge in [0.1, 0.15) is 12.0 Å². The molecule has 0 saturated carbocycles. The topological polar surface area (TPSA) is 85.1 Å². The Morgan fingerprint density at radius 2 is 2.26 bits per heavy atom. The number of carbonyl (C=O) groups excluding carboxylic acids is 1. The molecule has 19 heavy (non-hydrogen) atoms. The Morgan fingerprint density at radius 3 is 2.89 bits per heavy atom. The van der Waals surface area contributed by atoms with E-state index in [0.29, 0.717) is 16.9 Å². The van der Waals surface area contributed by atoms with Crippen molar-refractivity contribution in [1.82, 2.24) is 4.98 Å². The van der Waals surface area contributed by atoms with Crippen LogP contribution in [0, 0.1) is 22.9 Å². The zero-order valence-electron chi connectivity index (χ0n) is 9.71. The maximum Gasteiger partial charge on any atom is 0.345 e. The molecule has 0 aliphatic carbocycles. The highest BCUT2D eigenvalue weighted by molar-refractivity contribution is 7.18. The monoisotopic (exact) mass is 281 g/mol. The first kappa shape index (κ1) is 13.1. The van der Waals surface area contributed by atoms with Crippen molar-refractivity contribution in [2.24, 2.45) is 0 Å². The van der Waals surface area contributed by atoms with E-state index < -0.39 is 16.6 Å². The van der Waals surface area contributed by atoms with Crippen molar-refractivity contribution in [2.45, 2.75) is 6.92 Å². The molecule has 1 heterocycles. The van der Waals surface area contributed by atoms with Crippen LogP contribution >= 0.6 is 11.3 Å². The number of hydrogen-bond acceptors (Lipinski definition) is 5. The maximum atomic E-state index is 13.7. The van der Waals surface area contributed by atoms with Gasteiger partial charge in [-0.2, -0.15) is 0 Å². The number of rotatable bonds is 3. The van der Waals surface area contributed by atoms with Crippen molar-refractivity contribution in [2.75, 3.05) is 5.32 Å². The number of benzene rings is 1. The van der Waals surface area contributed by atoms with Crippen molar-refractivity contribution in [3.63, 3.8) is 0 Å². The Hall–Kier alpha value is -2.35. The van der Waals surface area contributed by atoms with Gasteiger partial charge in [0.05, 0.1) is 10.5 Å². The maximum absolute atomic E-state index is 13.7. The molecule has 0 atom stereocenters. The third-order valence-electron chi connectivity index (χ3n) is 2.33. The number of carbonyl (C=O) groups is 1. The molecule has 2 rings (SSSR count). The number of amides is 1. The van der Waals surface area contributed by atoms with Gasteiger partial charge in [-0.15, -0.1) is 0 Å². The van der Waals surface area contributed by atoms with Gasteiger partial charge >= 0.3 is 5.00 Å². The molecule has 0 fully saturated rings. The van der Waals surface area contributed by atoms with Gasteiger partial charge in [-0.1, -0.05) is 12.1 Å². The predicted octanol–water partition coefficient (Wildman–Crippen LogP) is 2.75. The van der Waals surface area contributed by atoms with E-state index in [1.54, 1.807) is 19.1 Å². The predicted molar refractivity (Wildman–Crippen MR) is 67.9 cm³/mol. The quantitative estimate of drug-likeness (QED) is 0.692. The third kappa shape index (κ3) is 2.74. The number of nitrogens with one attached hydrogen (secondary N) is 1. The van der Waals surface area contributed by atoms with Gasteiger partial charge < -0.3 is 0 Å². The first-order valence-corrected chi connectivity index (χ1v) is 5.97. The molecule has 1 amide bonds. The van der Waals surface area contributed by atoms with Crippen LogP contribution in [0.3, 0.4) is 0 Å². The van der Waals surface area contributed by atoms with E-state index in [-0.39, 0.29) is 15.7 Å². The molecule has 0 unspecified atom stereocenters. The summed E-state index contributed by atoms with van der Waals surface area (Å²) in [6.45, 7) is 1.54. The number of nitro groups is 1. The second kappa shape index (κ2) is 5.11. The van der Waals surface area contributed by atoms with Crippen LogP contribution in [0.1, 0.15) is 15.9 Å². The molecule has 6 nitrogen and oxygen atoms in total. The van der Waals surface area contributed by atoms with Crippen LogP contribution in [0.25, 0.3) is 0 Å². The molecule has 0 radical (unpaired) electrons. The second-order valence-corrected chi connectivity index (χ2v) is 4.66. The Bertz CT molecular complexity index is 656. The lowest BCUT2D eigenvalue weighted by molar-refractivity contribution is -0.380. The lowest BCUT2D eigenvalue weighted by Gasteiger charge is -2.04. The minimum absolute atomic E-state index is 0.0533. The number of anilines is 1. The molecule has 0 aliphatic heterocycles. The van der Waals surface area contributed by atoms with Gasteiger partial charge in [0.15, 0.2) is 5.13 Å². The highest BCUT2D eigenvalue weighted by atomic mass is 32.1. The van der Waals surface area contributed by atoms with Gasteiger partial charge in [0.25, 0.3) is 5.91 Å². The summed E-state index contributed by atoms with van der Waals surface area (Å²) in [5.41, 5.74) is 0.218. The summed E-state index contributed by atoms with van der Waals surface area (Å²) < 4.78 is 13.7. The summed E-state index contributed by atoms with van der Waals surface area (Å²) in [6.07, 6.45) is 1.03. The summed E-state index contributed by atoms with van der Waals surface area (Å²) in [5.74, 6) is -1.31. The van der Waals surface area contributed by atoms with Crippen LogP contribution in [0.4, 0.5) is 14.5 Å². The fourth-order valence-corrected chi connectivity index (χ4v) is 2.02. The van der Waals surface area contributed by atoms with Crippen LogP contribution in [0.5, 0.6) is 0 Å². The van der Waals surface area contributed by atoms with E-state index in [2.05, 4.69) is 10.3 Å². The summed E-state index contributed by atoms with van der Waals surface area (Å²) in [5, 5.41) is 12.7. The molecule has 1 N–H and O–H groups in total. The van der Waals surface area contributed by atoms with Crippen LogP contribution in [0.15, 0.2) is 24.4 Å². The van der Waals surface area contributed by atoms with E-state index in [9.17, 15) is 19.3 Å². The first-order chi connectivity index (χ1) is 8.99. The number of thiazole rings is 1. The zero-order chi connectivity index (χ0) is 14.0. The smallest absolute Gasteiger partial charge is 0.298 e. The molecule has 1 aromatic carbocycles. The third-order valence-corrected chi connectivity index (χ3v) is 3.19. The fourth-order valence-electron chi connectivity index (χ4n) is 1.40. The number of halogens is 1. The van der Waals surface area contributed by atoms with Crippen molar-refractivity contribution < 1.29 is 14.1 Å². The highest BCUT2D eigenvalue weighted by Gasteiger charge is 2.17. The van der Waals surface area contributed by atoms with Gasteiger partial charge in [0, 0.05) is 0 Å². The number of nitrogens with zero attached hydrogens (tertiary/aromatic N) is 2. The van der Waals surface area contributed by atoms with Crippen molar-refractivity contribution in [3.05, 3.63) is 51.5 Å². The number of aryl methyl sites for hydroxylation is 1. The zero-order valence-corrected chi connectivity index (χ0v) is 10.5. The summed E-state index contributed by atoms with van der Waals surface area (Å²) in [4.78, 5) is 25.4. The summed E-state index contributed by atoms with van der Waals surface area (Å²) >= 11 is 0.709. The molecule has 1 aromatic heterocycles. The Balaban J connectivity index is 2.21. The normalized spacial score (nSPS) is 10.2. The fraction of sp³-hybridized carbons (Fsp3) is 0.0909. The Kier molecular flexibility index (Phi) is 3.52. The summed E-state index contributed by atoms with van der Waals surface area (Å²) in [6, 6.07) is 4.43. The molecule has 0 aliphatic rings. The lowest BCUT2D eigenvalue weighted by Crippen LogP contribution is -2.14. The van der Waals surface area contributed by atoms with Crippen LogP contribution in [0.2, 0.25) is 0 Å². The van der Waals surface area contributed by atoms with Gasteiger partial charge in [-0.3, -0.25) is 20.2 Å². The molecular weight excluding hydrogens is 273 g/mol. The Labute approximate surface area is 111 Å². The summed E-state index contributed by atoms with van der Waals surface area (Å²) in [7, 11) is 0. The molecule has 0 saturated heterocycles. The minimum Gasteiger partial charge on any atom is -0.298 e. The average molecular weight is 281 g/mol. The van der Waals surface area contributed by atoms with Crippen molar-refractivity contribution in [1.29, 1.82) is 0 Å². The van der Waals surface area contributed by atoms with E-state index >= 15 is 0 Å². The molecular formula is C11H8FN3O3S. The largest absolute Gasteiger partial charge is 0.345 e. The minimum atomic E-state index is -0.689. The Morgan fingerprint density at radius 1 is 1.53 bits per heavy atom. The van der Waals surface area contributed by atoms with Crippen molar-refractivity contribution in [3.8, 4) is 0 Å². The molecule has 2 aromatic rings. The number of aromatic nitrogens is 1. The lowest BCUT2D eigenvalue weighted by atomic mass is 10.1. The van der Waals surface area contributed by atoms with Gasteiger partial charge in [-0.25, -0.2) is 9.37 Å². The second-order valence-electron chi connectivity index (χ2n) is 3.65. The van der Waals surface area contributed by atoms with Gasteiger partial charge in [-0.05, 0) is 29.9 Å². The molecule has 0 spiro atoms. The van der Waals surface area contributed by atoms with Gasteiger partial charge in [0.2, 0.25) is 0 Å². The van der Waals surface area contributed by atoms with Crippen LogP contribution < -0.4 is 5.32 Å². The first-order valence-electron chi connectivity index (χ1n) is 5.15. The molecule has 98 valence electrons. The average Bonchev–Trinajstić information content (AvgIpc) is 2.81. The van der Waals surface area contributed by atoms with E-state index in [1.807, 2.05) is 0 Å². The molecule has 8 heteroatoms. The van der Waals surface area contributed by atoms with Crippen LogP contribution in [-0.2, 0) is 0 Å². The highest BCUT2D eigenvalue weighted by Crippen LogP contribution is 2.25. The van der Waals surface area contributed by atoms with Crippen LogP contribution in [-0.4, -0.2) is 15.8 Å². The van der Waals surface area contributed by atoms with E-state index in [1.165, 1.54) is 6.07 Å². The van der Waals surface area contributed by atoms with E-state index in [4.69, 9.17) is 0 Å². The molecule has 0 bridgehead atoms. The number of hydrogen-bond donors (Lipinski definition) is 1. The van der Waals surface area contributed by atoms with Crippen molar-refractivity contribution >= 4 is 27.4 Å². The SMILES string of the molecule is Cc1cccc(C(=O)Nc2ncc([N+](=O)[O-])s2)c1F. The van der Waals surface area contributed by atoms with E-state index in [0.717, 1.165) is 6.20 Å².